The van der Waals surface area contributed by atoms with Crippen molar-refractivity contribution in [3.8, 4) is 5.69 Å². The maximum atomic E-state index is 15.0. The van der Waals surface area contributed by atoms with Gasteiger partial charge in [-0.05, 0) is 48.6 Å². The first kappa shape index (κ1) is 33.2. The first-order valence-corrected chi connectivity index (χ1v) is 15.4. The predicted octanol–water partition coefficient (Wildman–Crippen LogP) is 5.91. The van der Waals surface area contributed by atoms with Crippen LogP contribution in [0.2, 0.25) is 0 Å². The molecule has 0 aliphatic carbocycles. The highest BCUT2D eigenvalue weighted by atomic mass is 19.1. The Hall–Kier alpha value is -5.19. The van der Waals surface area contributed by atoms with Crippen molar-refractivity contribution in [2.45, 2.75) is 46.6 Å². The van der Waals surface area contributed by atoms with Crippen molar-refractivity contribution in [2.75, 3.05) is 19.7 Å². The van der Waals surface area contributed by atoms with Gasteiger partial charge in [0.2, 0.25) is 0 Å². The molecule has 0 bridgehead atoms. The van der Waals surface area contributed by atoms with Crippen LogP contribution in [0.4, 0.5) is 8.78 Å². The van der Waals surface area contributed by atoms with Crippen LogP contribution < -0.4 is 0 Å². The molecule has 0 radical (unpaired) electrons. The third kappa shape index (κ3) is 6.98. The van der Waals surface area contributed by atoms with Crippen LogP contribution in [0.15, 0.2) is 79.0 Å². The van der Waals surface area contributed by atoms with E-state index in [0.717, 1.165) is 28.7 Å². The van der Waals surface area contributed by atoms with Crippen molar-refractivity contribution in [3.05, 3.63) is 119 Å². The molecular weight excluding hydrogens is 606 g/mol. The van der Waals surface area contributed by atoms with E-state index in [2.05, 4.69) is 0 Å². The quantitative estimate of drug-likeness (QED) is 0.121. The van der Waals surface area contributed by atoms with E-state index in [9.17, 15) is 28.0 Å². The number of ether oxygens (including phenoxy) is 1. The number of imide groups is 1. The molecule has 47 heavy (non-hydrogen) atoms. The van der Waals surface area contributed by atoms with E-state index in [1.54, 1.807) is 37.4 Å². The van der Waals surface area contributed by atoms with Gasteiger partial charge in [0, 0.05) is 37.3 Å². The normalized spacial score (nSPS) is 13.4. The first-order valence-electron chi connectivity index (χ1n) is 15.4. The van der Waals surface area contributed by atoms with Crippen LogP contribution in [0.3, 0.4) is 0 Å². The number of benzene rings is 3. The van der Waals surface area contributed by atoms with Crippen LogP contribution in [0.5, 0.6) is 0 Å². The fraction of sp³-hybridized carbons (Fsp3) is 0.306. The Balaban J connectivity index is 1.56. The fourth-order valence-electron chi connectivity index (χ4n) is 5.91. The van der Waals surface area contributed by atoms with Crippen molar-refractivity contribution in [1.29, 1.82) is 0 Å². The summed E-state index contributed by atoms with van der Waals surface area (Å²) in [6.45, 7) is 7.14. The van der Waals surface area contributed by atoms with Crippen molar-refractivity contribution in [2.24, 2.45) is 5.41 Å². The standard InChI is InChI=1S/C36H36F2N4O5/c1-5-47-35(46)34(45)40(18-11-19-41-32(43)26-14-9-10-15-27(26)33(41)44)31(36(2,3)4)30-24(20-23-12-7-6-8-13-23)22-42(39-30)29-21-25(37)16-17-28(29)38/h6-10,12-17,21-22,31H,5,11,18-20H2,1-4H3/t31-/m0/s1. The van der Waals surface area contributed by atoms with Crippen LogP contribution >= 0.6 is 0 Å². The molecule has 0 spiro atoms. The number of carbonyl (C=O) groups excluding carboxylic acids is 4. The molecule has 0 saturated carbocycles. The number of amides is 3. The molecule has 5 rings (SSSR count). The highest BCUT2D eigenvalue weighted by Gasteiger charge is 2.41. The Kier molecular flexibility index (Phi) is 9.64. The molecule has 0 saturated heterocycles. The van der Waals surface area contributed by atoms with Gasteiger partial charge in [-0.1, -0.05) is 63.2 Å². The van der Waals surface area contributed by atoms with Crippen LogP contribution in [-0.2, 0) is 20.7 Å². The molecule has 1 aliphatic rings. The Morgan fingerprint density at radius 2 is 1.57 bits per heavy atom. The van der Waals surface area contributed by atoms with Gasteiger partial charge in [-0.3, -0.25) is 19.3 Å². The molecule has 9 nitrogen and oxygen atoms in total. The Bertz CT molecular complexity index is 1780. The van der Waals surface area contributed by atoms with Gasteiger partial charge < -0.3 is 9.64 Å². The summed E-state index contributed by atoms with van der Waals surface area (Å²) >= 11 is 0. The van der Waals surface area contributed by atoms with Crippen molar-refractivity contribution in [3.63, 3.8) is 0 Å². The Labute approximate surface area is 271 Å². The summed E-state index contributed by atoms with van der Waals surface area (Å²) in [5.41, 5.74) is 1.67. The topological polar surface area (TPSA) is 102 Å². The molecule has 1 aliphatic heterocycles. The molecule has 3 aromatic carbocycles. The molecule has 1 atom stereocenters. The molecule has 0 N–H and O–H groups in total. The van der Waals surface area contributed by atoms with Gasteiger partial charge in [0.15, 0.2) is 0 Å². The van der Waals surface area contributed by atoms with E-state index in [1.807, 2.05) is 51.1 Å². The fourth-order valence-corrected chi connectivity index (χ4v) is 5.91. The minimum absolute atomic E-state index is 0.00433. The average molecular weight is 643 g/mol. The van der Waals surface area contributed by atoms with E-state index in [1.165, 1.54) is 9.58 Å². The molecule has 2 heterocycles. The lowest BCUT2D eigenvalue weighted by atomic mass is 9.81. The van der Waals surface area contributed by atoms with E-state index >= 15 is 0 Å². The van der Waals surface area contributed by atoms with E-state index in [0.29, 0.717) is 28.8 Å². The molecule has 4 aromatic rings. The second-order valence-corrected chi connectivity index (χ2v) is 12.4. The molecule has 0 fully saturated rings. The van der Waals surface area contributed by atoms with Gasteiger partial charge in [-0.2, -0.15) is 5.10 Å². The number of aromatic nitrogens is 2. The summed E-state index contributed by atoms with van der Waals surface area (Å²) in [5, 5.41) is 4.74. The van der Waals surface area contributed by atoms with Gasteiger partial charge >= 0.3 is 11.9 Å². The maximum absolute atomic E-state index is 15.0. The first-order chi connectivity index (χ1) is 22.4. The lowest BCUT2D eigenvalue weighted by Gasteiger charge is -2.39. The molecule has 11 heteroatoms. The third-order valence-electron chi connectivity index (χ3n) is 7.98. The minimum atomic E-state index is -1.07. The van der Waals surface area contributed by atoms with Crippen LogP contribution in [0.1, 0.15) is 77.7 Å². The van der Waals surface area contributed by atoms with Crippen molar-refractivity contribution < 1.29 is 32.7 Å². The zero-order valence-electron chi connectivity index (χ0n) is 26.7. The summed E-state index contributed by atoms with van der Waals surface area (Å²) in [7, 11) is 0. The zero-order valence-corrected chi connectivity index (χ0v) is 26.7. The predicted molar refractivity (Wildman–Crippen MR) is 170 cm³/mol. The number of rotatable bonds is 10. The molecule has 244 valence electrons. The van der Waals surface area contributed by atoms with Crippen LogP contribution in [0, 0.1) is 17.0 Å². The summed E-state index contributed by atoms with van der Waals surface area (Å²) in [5.74, 6) is -4.19. The minimum Gasteiger partial charge on any atom is -0.459 e. The number of carbonyl (C=O) groups is 4. The number of hydrogen-bond donors (Lipinski definition) is 0. The third-order valence-corrected chi connectivity index (χ3v) is 7.98. The van der Waals surface area contributed by atoms with Gasteiger partial charge in [-0.15, -0.1) is 0 Å². The number of esters is 1. The molecule has 1 aromatic heterocycles. The molecule has 3 amide bonds. The maximum Gasteiger partial charge on any atom is 0.397 e. The molecule has 0 unspecified atom stereocenters. The summed E-state index contributed by atoms with van der Waals surface area (Å²) < 4.78 is 35.6. The highest BCUT2D eigenvalue weighted by Crippen LogP contribution is 2.40. The number of hydrogen-bond acceptors (Lipinski definition) is 6. The second-order valence-electron chi connectivity index (χ2n) is 12.4. The van der Waals surface area contributed by atoms with Gasteiger partial charge in [0.1, 0.15) is 17.3 Å². The second kappa shape index (κ2) is 13.7. The van der Waals surface area contributed by atoms with E-state index in [-0.39, 0.29) is 31.8 Å². The van der Waals surface area contributed by atoms with Crippen LogP contribution in [-0.4, -0.2) is 63.0 Å². The summed E-state index contributed by atoms with van der Waals surface area (Å²) in [6.07, 6.45) is 2.09. The molecular formula is C36H36F2N4O5. The zero-order chi connectivity index (χ0) is 33.9. The van der Waals surface area contributed by atoms with E-state index in [4.69, 9.17) is 9.84 Å². The number of nitrogens with zero attached hydrogens (tertiary/aromatic N) is 4. The van der Waals surface area contributed by atoms with E-state index < -0.39 is 46.8 Å². The van der Waals surface area contributed by atoms with Gasteiger partial charge in [0.25, 0.3) is 11.8 Å². The van der Waals surface area contributed by atoms with Crippen molar-refractivity contribution >= 4 is 23.7 Å². The highest BCUT2D eigenvalue weighted by molar-refractivity contribution is 6.32. The summed E-state index contributed by atoms with van der Waals surface area (Å²) in [6, 6.07) is 18.2. The SMILES string of the molecule is CCOC(=O)C(=O)N(CCCN1C(=O)c2ccccc2C1=O)[C@@H](c1nn(-c2cc(F)ccc2F)cc1Cc1ccccc1)C(C)(C)C. The smallest absolute Gasteiger partial charge is 0.397 e. The lowest BCUT2D eigenvalue weighted by molar-refractivity contribution is -0.162. The Morgan fingerprint density at radius 3 is 2.19 bits per heavy atom. The average Bonchev–Trinajstić information content (AvgIpc) is 3.55. The summed E-state index contributed by atoms with van der Waals surface area (Å²) in [4.78, 5) is 55.3. The van der Waals surface area contributed by atoms with Crippen molar-refractivity contribution in [1.82, 2.24) is 19.6 Å². The van der Waals surface area contributed by atoms with Gasteiger partial charge in [0.05, 0.1) is 29.5 Å². The largest absolute Gasteiger partial charge is 0.459 e. The Morgan fingerprint density at radius 1 is 0.936 bits per heavy atom. The number of fused-ring (bicyclic) bond motifs is 1. The number of halogens is 2. The monoisotopic (exact) mass is 642 g/mol. The lowest BCUT2D eigenvalue weighted by Crippen LogP contribution is -2.46. The van der Waals surface area contributed by atoms with Gasteiger partial charge in [-0.25, -0.2) is 18.3 Å². The van der Waals surface area contributed by atoms with Crippen LogP contribution in [0.25, 0.3) is 5.69 Å².